The first-order chi connectivity index (χ1) is 9.01. The molecule has 0 aliphatic heterocycles. The molecule has 0 aromatic carbocycles. The topological polar surface area (TPSA) is 70.2 Å². The summed E-state index contributed by atoms with van der Waals surface area (Å²) in [6, 6.07) is 0. The Kier molecular flexibility index (Phi) is 5.54. The third kappa shape index (κ3) is 3.81. The number of anilines is 2. The van der Waals surface area contributed by atoms with Crippen LogP contribution in [0.5, 0.6) is 0 Å². The van der Waals surface area contributed by atoms with Gasteiger partial charge in [0, 0.05) is 26.2 Å². The predicted octanol–water partition coefficient (Wildman–Crippen LogP) is 1.21. The van der Waals surface area contributed by atoms with Gasteiger partial charge in [0.25, 0.3) is 0 Å². The van der Waals surface area contributed by atoms with Gasteiger partial charge in [-0.05, 0) is 12.8 Å². The number of nitrogens with one attached hydrogen (secondary N) is 2. The first-order valence-corrected chi connectivity index (χ1v) is 6.51. The normalized spacial score (nSPS) is 10.4. The molecule has 0 spiro atoms. The Hall–Kier alpha value is -1.85. The van der Waals surface area contributed by atoms with E-state index in [-0.39, 0.29) is 18.4 Å². The molecule has 1 aromatic heterocycles. The number of carbonyl (C=O) groups excluding carboxylic acids is 1. The molecule has 19 heavy (non-hydrogen) atoms. The van der Waals surface area contributed by atoms with Crippen molar-refractivity contribution in [1.82, 2.24) is 15.3 Å². The zero-order chi connectivity index (χ0) is 14.4. The zero-order valence-corrected chi connectivity index (χ0v) is 12.3. The smallest absolute Gasteiger partial charge is 0.239 e. The summed E-state index contributed by atoms with van der Waals surface area (Å²) in [6.07, 6.45) is 1.52. The third-order valence-electron chi connectivity index (χ3n) is 2.79. The quantitative estimate of drug-likeness (QED) is 0.809. The lowest BCUT2D eigenvalue weighted by Gasteiger charge is -2.23. The minimum Gasteiger partial charge on any atom is -0.373 e. The summed E-state index contributed by atoms with van der Waals surface area (Å²) in [5.41, 5.74) is 1.02. The van der Waals surface area contributed by atoms with Crippen LogP contribution in [0.4, 0.5) is 11.6 Å². The minimum absolute atomic E-state index is 0.00988. The van der Waals surface area contributed by atoms with Crippen molar-refractivity contribution in [3.05, 3.63) is 11.9 Å². The lowest BCUT2D eigenvalue weighted by Crippen LogP contribution is -2.36. The first-order valence-electron chi connectivity index (χ1n) is 6.51. The molecule has 1 rings (SSSR count). The molecule has 1 amide bonds. The maximum absolute atomic E-state index is 11.7. The summed E-state index contributed by atoms with van der Waals surface area (Å²) >= 11 is 0. The lowest BCUT2D eigenvalue weighted by atomic mass is 10.0. The largest absolute Gasteiger partial charge is 0.373 e. The number of aromatic nitrogens is 2. The molecular formula is C13H23N5O. The Balaban J connectivity index is 3.02. The second-order valence-electron chi connectivity index (χ2n) is 4.67. The molecule has 1 heterocycles. The maximum atomic E-state index is 11.7. The van der Waals surface area contributed by atoms with Crippen LogP contribution in [0.3, 0.4) is 0 Å². The number of rotatable bonds is 6. The Labute approximate surface area is 114 Å². The fourth-order valence-corrected chi connectivity index (χ4v) is 1.96. The van der Waals surface area contributed by atoms with Crippen LogP contribution in [0, 0.1) is 0 Å². The van der Waals surface area contributed by atoms with Crippen molar-refractivity contribution in [3.63, 3.8) is 0 Å². The van der Waals surface area contributed by atoms with E-state index in [2.05, 4.69) is 34.4 Å². The molecule has 0 saturated heterocycles. The van der Waals surface area contributed by atoms with Gasteiger partial charge < -0.3 is 15.5 Å². The fraction of sp³-hybridized carbons (Fsp3) is 0.615. The zero-order valence-electron chi connectivity index (χ0n) is 12.3. The maximum Gasteiger partial charge on any atom is 0.239 e. The molecule has 0 radical (unpaired) electrons. The highest BCUT2D eigenvalue weighted by atomic mass is 16.2. The van der Waals surface area contributed by atoms with E-state index in [1.165, 1.54) is 6.33 Å². The number of likely N-dealkylation sites (N-methyl/N-ethyl adjacent to an activating group) is 2. The standard InChI is InChI=1S/C13H23N5O/c1-6-15-10(19)7-18(5)13-11(9(2)3)12(14-4)16-8-17-13/h8-9H,6-7H2,1-5H3,(H,15,19)(H,14,16,17). The molecule has 6 heteroatoms. The van der Waals surface area contributed by atoms with Crippen LogP contribution in [-0.4, -0.2) is 43.1 Å². The average molecular weight is 265 g/mol. The van der Waals surface area contributed by atoms with Gasteiger partial charge in [-0.25, -0.2) is 9.97 Å². The molecule has 0 atom stereocenters. The molecule has 0 fully saturated rings. The predicted molar refractivity (Wildman–Crippen MR) is 77.6 cm³/mol. The van der Waals surface area contributed by atoms with Crippen LogP contribution >= 0.6 is 0 Å². The second-order valence-corrected chi connectivity index (χ2v) is 4.67. The van der Waals surface area contributed by atoms with Crippen molar-refractivity contribution in [2.24, 2.45) is 0 Å². The van der Waals surface area contributed by atoms with Crippen molar-refractivity contribution in [1.29, 1.82) is 0 Å². The van der Waals surface area contributed by atoms with Crippen molar-refractivity contribution in [2.45, 2.75) is 26.7 Å². The number of hydrogen-bond donors (Lipinski definition) is 2. The van der Waals surface area contributed by atoms with Crippen LogP contribution in [0.1, 0.15) is 32.3 Å². The number of amides is 1. The monoisotopic (exact) mass is 265 g/mol. The van der Waals surface area contributed by atoms with Crippen molar-refractivity contribution >= 4 is 17.5 Å². The van der Waals surface area contributed by atoms with E-state index in [1.807, 2.05) is 25.9 Å². The van der Waals surface area contributed by atoms with Crippen molar-refractivity contribution in [3.8, 4) is 0 Å². The molecule has 106 valence electrons. The Morgan fingerprint density at radius 3 is 2.63 bits per heavy atom. The molecule has 0 saturated carbocycles. The Morgan fingerprint density at radius 2 is 2.11 bits per heavy atom. The van der Waals surface area contributed by atoms with Gasteiger partial charge in [0.15, 0.2) is 0 Å². The summed E-state index contributed by atoms with van der Waals surface area (Å²) < 4.78 is 0. The van der Waals surface area contributed by atoms with E-state index in [1.54, 1.807) is 0 Å². The van der Waals surface area contributed by atoms with Gasteiger partial charge >= 0.3 is 0 Å². The van der Waals surface area contributed by atoms with E-state index in [4.69, 9.17) is 0 Å². The minimum atomic E-state index is -0.00988. The van der Waals surface area contributed by atoms with E-state index in [0.717, 1.165) is 17.2 Å². The molecule has 0 aliphatic carbocycles. The molecule has 0 unspecified atom stereocenters. The highest BCUT2D eigenvalue weighted by Crippen LogP contribution is 2.29. The number of carbonyl (C=O) groups is 1. The van der Waals surface area contributed by atoms with Gasteiger partial charge in [-0.15, -0.1) is 0 Å². The summed E-state index contributed by atoms with van der Waals surface area (Å²) in [6.45, 7) is 7.00. The third-order valence-corrected chi connectivity index (χ3v) is 2.79. The van der Waals surface area contributed by atoms with E-state index < -0.39 is 0 Å². The number of nitrogens with zero attached hydrogens (tertiary/aromatic N) is 3. The van der Waals surface area contributed by atoms with Crippen LogP contribution in [0.15, 0.2) is 6.33 Å². The van der Waals surface area contributed by atoms with Gasteiger partial charge in [-0.3, -0.25) is 4.79 Å². The van der Waals surface area contributed by atoms with Crippen LogP contribution in [-0.2, 0) is 4.79 Å². The van der Waals surface area contributed by atoms with Crippen LogP contribution < -0.4 is 15.5 Å². The van der Waals surface area contributed by atoms with Crippen molar-refractivity contribution in [2.75, 3.05) is 37.4 Å². The summed E-state index contributed by atoms with van der Waals surface area (Å²) in [5, 5.41) is 5.86. The number of hydrogen-bond acceptors (Lipinski definition) is 5. The lowest BCUT2D eigenvalue weighted by molar-refractivity contribution is -0.119. The van der Waals surface area contributed by atoms with Crippen molar-refractivity contribution < 1.29 is 4.79 Å². The molecule has 1 aromatic rings. The van der Waals surface area contributed by atoms with Crippen LogP contribution in [0.25, 0.3) is 0 Å². The molecular weight excluding hydrogens is 242 g/mol. The van der Waals surface area contributed by atoms with Gasteiger partial charge in [-0.2, -0.15) is 0 Å². The highest BCUT2D eigenvalue weighted by molar-refractivity contribution is 5.81. The molecule has 6 nitrogen and oxygen atoms in total. The SMILES string of the molecule is CCNC(=O)CN(C)c1ncnc(NC)c1C(C)C. The van der Waals surface area contributed by atoms with Gasteiger partial charge in [-0.1, -0.05) is 13.8 Å². The van der Waals surface area contributed by atoms with Gasteiger partial charge in [0.05, 0.1) is 6.54 Å². The van der Waals surface area contributed by atoms with Gasteiger partial charge in [0.2, 0.25) is 5.91 Å². The van der Waals surface area contributed by atoms with E-state index in [0.29, 0.717) is 6.54 Å². The molecule has 0 aliphatic rings. The first kappa shape index (κ1) is 15.2. The molecule has 0 bridgehead atoms. The highest BCUT2D eigenvalue weighted by Gasteiger charge is 2.18. The van der Waals surface area contributed by atoms with E-state index >= 15 is 0 Å². The Morgan fingerprint density at radius 1 is 1.42 bits per heavy atom. The van der Waals surface area contributed by atoms with E-state index in [9.17, 15) is 4.79 Å². The second kappa shape index (κ2) is 6.92. The summed E-state index contributed by atoms with van der Waals surface area (Å²) in [7, 11) is 3.70. The summed E-state index contributed by atoms with van der Waals surface area (Å²) in [5.74, 6) is 1.86. The van der Waals surface area contributed by atoms with Gasteiger partial charge in [0.1, 0.15) is 18.0 Å². The summed E-state index contributed by atoms with van der Waals surface area (Å²) in [4.78, 5) is 22.0. The fourth-order valence-electron chi connectivity index (χ4n) is 1.96. The molecule has 2 N–H and O–H groups in total. The average Bonchev–Trinajstić information content (AvgIpc) is 2.37. The Bertz CT molecular complexity index is 433. The van der Waals surface area contributed by atoms with Crippen LogP contribution in [0.2, 0.25) is 0 Å².